The maximum atomic E-state index is 7.45. The van der Waals surface area contributed by atoms with Gasteiger partial charge in [0, 0.05) is 32.0 Å². The molecule has 0 saturated heterocycles. The van der Waals surface area contributed by atoms with Gasteiger partial charge in [-0.05, 0) is 70.8 Å². The third-order valence-electron chi connectivity index (χ3n) is 9.29. The molecular weight excluding hydrogens is 580 g/mol. The standard InChI is InChI=1S/C39H35BrO2/c1-4-23-38(24-5-2)34-13-9-8-12-32(34)35-30-10-6-7-11-31(30)37-33(36(35)38)22-25-39(42-37,26-14-18-28(40)19-15-26)27-16-20-29(41-3)21-17-27/h6-22,25H,4-5,23-24H2,1-3H3. The Labute approximate surface area is 257 Å². The Balaban J connectivity index is 1.56. The van der Waals surface area contributed by atoms with Crippen LogP contribution in [0.5, 0.6) is 11.5 Å². The summed E-state index contributed by atoms with van der Waals surface area (Å²) in [4.78, 5) is 0. The number of benzene rings is 5. The van der Waals surface area contributed by atoms with Gasteiger partial charge in [-0.1, -0.05) is 121 Å². The van der Waals surface area contributed by atoms with Crippen LogP contribution in [0, 0.1) is 0 Å². The van der Waals surface area contributed by atoms with Crippen molar-refractivity contribution in [1.29, 1.82) is 0 Å². The predicted octanol–water partition coefficient (Wildman–Crippen LogP) is 10.8. The molecule has 5 aromatic carbocycles. The molecule has 2 nitrogen and oxygen atoms in total. The lowest BCUT2D eigenvalue weighted by molar-refractivity contribution is 0.163. The topological polar surface area (TPSA) is 18.5 Å². The van der Waals surface area contributed by atoms with Crippen molar-refractivity contribution in [3.8, 4) is 22.6 Å². The van der Waals surface area contributed by atoms with Crippen molar-refractivity contribution in [2.75, 3.05) is 7.11 Å². The highest BCUT2D eigenvalue weighted by Crippen LogP contribution is 2.60. The molecule has 5 aromatic rings. The summed E-state index contributed by atoms with van der Waals surface area (Å²) in [7, 11) is 1.70. The lowest BCUT2D eigenvalue weighted by Gasteiger charge is -2.40. The number of methoxy groups -OCH3 is 1. The molecule has 1 heterocycles. The van der Waals surface area contributed by atoms with Crippen molar-refractivity contribution in [1.82, 2.24) is 0 Å². The summed E-state index contributed by atoms with van der Waals surface area (Å²) in [6.45, 7) is 4.64. The van der Waals surface area contributed by atoms with Crippen LogP contribution in [0.2, 0.25) is 0 Å². The second-order valence-electron chi connectivity index (χ2n) is 11.6. The molecule has 0 bridgehead atoms. The van der Waals surface area contributed by atoms with Gasteiger partial charge in [0.1, 0.15) is 11.5 Å². The number of hydrogen-bond acceptors (Lipinski definition) is 2. The van der Waals surface area contributed by atoms with Crippen molar-refractivity contribution < 1.29 is 9.47 Å². The highest BCUT2D eigenvalue weighted by atomic mass is 79.9. The maximum absolute atomic E-state index is 7.45. The first kappa shape index (κ1) is 27.0. The van der Waals surface area contributed by atoms with Gasteiger partial charge < -0.3 is 9.47 Å². The van der Waals surface area contributed by atoms with Crippen LogP contribution in [0.15, 0.2) is 108 Å². The number of fused-ring (bicyclic) bond motifs is 8. The molecule has 7 rings (SSSR count). The minimum absolute atomic E-state index is 0.0467. The molecule has 0 fully saturated rings. The summed E-state index contributed by atoms with van der Waals surface area (Å²) in [5, 5.41) is 2.42. The summed E-state index contributed by atoms with van der Waals surface area (Å²) in [6.07, 6.45) is 9.10. The second-order valence-corrected chi connectivity index (χ2v) is 12.5. The van der Waals surface area contributed by atoms with Gasteiger partial charge in [-0.15, -0.1) is 0 Å². The third-order valence-corrected chi connectivity index (χ3v) is 9.82. The van der Waals surface area contributed by atoms with E-state index >= 15 is 0 Å². The highest BCUT2D eigenvalue weighted by Gasteiger charge is 2.47. The summed E-state index contributed by atoms with van der Waals surface area (Å²) >= 11 is 3.64. The van der Waals surface area contributed by atoms with E-state index in [-0.39, 0.29) is 5.41 Å². The molecule has 2 aliphatic rings. The van der Waals surface area contributed by atoms with Gasteiger partial charge in [0.2, 0.25) is 0 Å². The lowest BCUT2D eigenvalue weighted by Crippen LogP contribution is -2.35. The third kappa shape index (κ3) is 3.90. The van der Waals surface area contributed by atoms with E-state index in [0.29, 0.717) is 0 Å². The van der Waals surface area contributed by atoms with Gasteiger partial charge in [-0.2, -0.15) is 0 Å². The first-order valence-electron chi connectivity index (χ1n) is 15.0. The molecule has 1 unspecified atom stereocenters. The Morgan fingerprint density at radius 3 is 2.02 bits per heavy atom. The van der Waals surface area contributed by atoms with Crippen molar-refractivity contribution in [3.05, 3.63) is 135 Å². The molecule has 0 aromatic heterocycles. The van der Waals surface area contributed by atoms with Crippen molar-refractivity contribution in [2.24, 2.45) is 0 Å². The minimum Gasteiger partial charge on any atom is -0.497 e. The number of rotatable bonds is 7. The van der Waals surface area contributed by atoms with Gasteiger partial charge in [0.05, 0.1) is 7.11 Å². The van der Waals surface area contributed by atoms with E-state index in [4.69, 9.17) is 9.47 Å². The van der Waals surface area contributed by atoms with E-state index in [1.54, 1.807) is 7.11 Å². The summed E-state index contributed by atoms with van der Waals surface area (Å²) < 4.78 is 14.0. The Bertz CT molecular complexity index is 1810. The molecule has 0 radical (unpaired) electrons. The first-order valence-corrected chi connectivity index (χ1v) is 15.8. The SMILES string of the molecule is CCCC1(CCC)c2ccccc2-c2c1c1c(c3ccccc23)OC(c2ccc(Br)cc2)(c2ccc(OC)cc2)C=C1. The Hall–Kier alpha value is -3.82. The molecule has 0 amide bonds. The van der Waals surface area contributed by atoms with Crippen LogP contribution >= 0.6 is 15.9 Å². The molecule has 210 valence electrons. The van der Waals surface area contributed by atoms with Gasteiger partial charge >= 0.3 is 0 Å². The molecular formula is C39H35BrO2. The van der Waals surface area contributed by atoms with E-state index in [2.05, 4.69) is 127 Å². The molecule has 0 spiro atoms. The zero-order valence-electron chi connectivity index (χ0n) is 24.4. The molecule has 1 atom stereocenters. The molecule has 1 aliphatic carbocycles. The van der Waals surface area contributed by atoms with Crippen LogP contribution in [0.1, 0.15) is 67.3 Å². The zero-order chi connectivity index (χ0) is 28.9. The smallest absolute Gasteiger partial charge is 0.178 e. The maximum Gasteiger partial charge on any atom is 0.178 e. The normalized spacial score (nSPS) is 17.8. The van der Waals surface area contributed by atoms with Crippen molar-refractivity contribution in [3.63, 3.8) is 0 Å². The Morgan fingerprint density at radius 2 is 1.36 bits per heavy atom. The summed E-state index contributed by atoms with van der Waals surface area (Å²) in [5.41, 5.74) is 8.20. The fourth-order valence-electron chi connectivity index (χ4n) is 7.63. The van der Waals surface area contributed by atoms with Gasteiger partial charge in [-0.3, -0.25) is 0 Å². The average Bonchev–Trinajstić information content (AvgIpc) is 3.32. The monoisotopic (exact) mass is 614 g/mol. The fourth-order valence-corrected chi connectivity index (χ4v) is 7.90. The average molecular weight is 616 g/mol. The van der Waals surface area contributed by atoms with Gasteiger partial charge in [-0.25, -0.2) is 0 Å². The number of hydrogen-bond donors (Lipinski definition) is 0. The largest absolute Gasteiger partial charge is 0.497 e. The van der Waals surface area contributed by atoms with Crippen LogP contribution in [-0.2, 0) is 11.0 Å². The van der Waals surface area contributed by atoms with E-state index < -0.39 is 5.60 Å². The van der Waals surface area contributed by atoms with Crippen molar-refractivity contribution in [2.45, 2.75) is 50.5 Å². The lowest BCUT2D eigenvalue weighted by atomic mass is 9.69. The zero-order valence-corrected chi connectivity index (χ0v) is 26.0. The molecule has 1 aliphatic heterocycles. The quantitative estimate of drug-likeness (QED) is 0.181. The number of ether oxygens (including phenoxy) is 2. The minimum atomic E-state index is -0.791. The second kappa shape index (κ2) is 10.5. The van der Waals surface area contributed by atoms with E-state index in [1.807, 2.05) is 12.1 Å². The highest BCUT2D eigenvalue weighted by molar-refractivity contribution is 9.10. The Morgan fingerprint density at radius 1 is 0.738 bits per heavy atom. The van der Waals surface area contributed by atoms with Crippen LogP contribution < -0.4 is 9.47 Å². The predicted molar refractivity (Wildman–Crippen MR) is 178 cm³/mol. The van der Waals surface area contributed by atoms with Gasteiger partial charge in [0.15, 0.2) is 5.60 Å². The van der Waals surface area contributed by atoms with Crippen LogP contribution in [0.25, 0.3) is 28.0 Å². The van der Waals surface area contributed by atoms with Crippen molar-refractivity contribution >= 4 is 32.8 Å². The molecule has 3 heteroatoms. The Kier molecular flexibility index (Phi) is 6.74. The molecule has 0 saturated carbocycles. The van der Waals surface area contributed by atoms with Crippen LogP contribution in [-0.4, -0.2) is 7.11 Å². The fraction of sp³-hybridized carbons (Fsp3) is 0.231. The van der Waals surface area contributed by atoms with E-state index in [9.17, 15) is 0 Å². The first-order chi connectivity index (χ1) is 20.6. The van der Waals surface area contributed by atoms with E-state index in [1.165, 1.54) is 33.2 Å². The summed E-state index contributed by atoms with van der Waals surface area (Å²) in [5.74, 6) is 1.80. The number of halogens is 1. The molecule has 0 N–H and O–H groups in total. The summed E-state index contributed by atoms with van der Waals surface area (Å²) in [6, 6.07) is 34.7. The van der Waals surface area contributed by atoms with Crippen LogP contribution in [0.3, 0.4) is 0 Å². The van der Waals surface area contributed by atoms with E-state index in [0.717, 1.165) is 58.2 Å². The van der Waals surface area contributed by atoms with Crippen LogP contribution in [0.4, 0.5) is 0 Å². The van der Waals surface area contributed by atoms with Gasteiger partial charge in [0.25, 0.3) is 0 Å². The molecule has 42 heavy (non-hydrogen) atoms.